The summed E-state index contributed by atoms with van der Waals surface area (Å²) < 4.78 is 37.4. The van der Waals surface area contributed by atoms with Crippen LogP contribution in [0.4, 0.5) is 13.2 Å². The molecule has 0 radical (unpaired) electrons. The van der Waals surface area contributed by atoms with Gasteiger partial charge in [-0.25, -0.2) is 0 Å². The Hall–Kier alpha value is -1.06. The molecule has 1 aliphatic rings. The van der Waals surface area contributed by atoms with Crippen molar-refractivity contribution in [3.63, 3.8) is 0 Å². The van der Waals surface area contributed by atoms with Gasteiger partial charge in [0.25, 0.3) is 0 Å². The number of halogens is 3. The minimum Gasteiger partial charge on any atom is -0.261 e. The predicted octanol–water partition coefficient (Wildman–Crippen LogP) is 3.83. The highest BCUT2D eigenvalue weighted by atomic mass is 19.4. The lowest BCUT2D eigenvalue weighted by atomic mass is 10.0. The second-order valence-corrected chi connectivity index (χ2v) is 4.39. The monoisotopic (exact) mass is 229 g/mol. The fourth-order valence-electron chi connectivity index (χ4n) is 2.28. The van der Waals surface area contributed by atoms with Gasteiger partial charge in [-0.05, 0) is 24.5 Å². The molecule has 0 atom stereocenters. The molecule has 0 amide bonds. The smallest absolute Gasteiger partial charge is 0.261 e. The minimum atomic E-state index is -4.26. The molecule has 1 fully saturated rings. The molecule has 1 nitrogen and oxygen atoms in total. The van der Waals surface area contributed by atoms with Gasteiger partial charge in [-0.15, -0.1) is 0 Å². The maximum absolute atomic E-state index is 12.5. The zero-order chi connectivity index (χ0) is 11.6. The quantitative estimate of drug-likeness (QED) is 0.751. The molecule has 2 rings (SSSR count). The second-order valence-electron chi connectivity index (χ2n) is 4.39. The van der Waals surface area contributed by atoms with E-state index in [-0.39, 0.29) is 0 Å². The van der Waals surface area contributed by atoms with Gasteiger partial charge in [0, 0.05) is 11.9 Å². The van der Waals surface area contributed by atoms with Crippen LogP contribution < -0.4 is 0 Å². The van der Waals surface area contributed by atoms with Crippen LogP contribution >= 0.6 is 0 Å². The highest BCUT2D eigenvalue weighted by molar-refractivity contribution is 5.19. The first kappa shape index (κ1) is 11.4. The van der Waals surface area contributed by atoms with E-state index in [1.807, 2.05) is 0 Å². The van der Waals surface area contributed by atoms with Gasteiger partial charge in [0.1, 0.15) is 0 Å². The van der Waals surface area contributed by atoms with Crippen LogP contribution in [0.5, 0.6) is 0 Å². The third-order valence-electron chi connectivity index (χ3n) is 3.12. The molecule has 0 aromatic carbocycles. The Morgan fingerprint density at radius 3 is 2.56 bits per heavy atom. The molecule has 16 heavy (non-hydrogen) atoms. The van der Waals surface area contributed by atoms with Gasteiger partial charge >= 0.3 is 6.18 Å². The van der Waals surface area contributed by atoms with Crippen molar-refractivity contribution in [2.45, 2.75) is 38.3 Å². The van der Waals surface area contributed by atoms with Crippen LogP contribution in [0.2, 0.25) is 0 Å². The topological polar surface area (TPSA) is 12.9 Å². The van der Waals surface area contributed by atoms with Crippen LogP contribution in [0.1, 0.15) is 36.9 Å². The molecule has 0 bridgehead atoms. The van der Waals surface area contributed by atoms with Crippen molar-refractivity contribution in [2.75, 3.05) is 0 Å². The van der Waals surface area contributed by atoms with E-state index in [1.54, 1.807) is 0 Å². The molecular formula is C12H14F3N. The van der Waals surface area contributed by atoms with E-state index in [4.69, 9.17) is 0 Å². The van der Waals surface area contributed by atoms with Crippen LogP contribution in [0.15, 0.2) is 18.3 Å². The summed E-state index contributed by atoms with van der Waals surface area (Å²) in [5.74, 6) is 0.524. The average Bonchev–Trinajstić information content (AvgIpc) is 2.70. The van der Waals surface area contributed by atoms with Crippen molar-refractivity contribution >= 4 is 0 Å². The highest BCUT2D eigenvalue weighted by Crippen LogP contribution is 2.31. The Balaban J connectivity index is 2.09. The number of hydrogen-bond donors (Lipinski definition) is 0. The molecule has 0 saturated heterocycles. The molecule has 1 saturated carbocycles. The predicted molar refractivity (Wildman–Crippen MR) is 54.9 cm³/mol. The Morgan fingerprint density at radius 1 is 1.25 bits per heavy atom. The van der Waals surface area contributed by atoms with Gasteiger partial charge in [-0.3, -0.25) is 4.98 Å². The Kier molecular flexibility index (Phi) is 3.17. The van der Waals surface area contributed by atoms with Crippen LogP contribution in [0, 0.1) is 5.92 Å². The number of hydrogen-bond acceptors (Lipinski definition) is 1. The van der Waals surface area contributed by atoms with Gasteiger partial charge in [-0.2, -0.15) is 13.2 Å². The van der Waals surface area contributed by atoms with Crippen molar-refractivity contribution in [3.05, 3.63) is 29.6 Å². The second kappa shape index (κ2) is 4.44. The van der Waals surface area contributed by atoms with E-state index in [0.29, 0.717) is 18.0 Å². The lowest BCUT2D eigenvalue weighted by Crippen LogP contribution is -2.08. The van der Waals surface area contributed by atoms with E-state index in [1.165, 1.54) is 25.1 Å². The van der Waals surface area contributed by atoms with Gasteiger partial charge in [0.05, 0.1) is 5.56 Å². The van der Waals surface area contributed by atoms with Crippen LogP contribution in [0.3, 0.4) is 0 Å². The van der Waals surface area contributed by atoms with Crippen molar-refractivity contribution in [1.29, 1.82) is 0 Å². The van der Waals surface area contributed by atoms with E-state index >= 15 is 0 Å². The van der Waals surface area contributed by atoms with Gasteiger partial charge < -0.3 is 0 Å². The molecule has 1 aromatic rings. The zero-order valence-electron chi connectivity index (χ0n) is 8.93. The molecule has 1 aliphatic carbocycles. The summed E-state index contributed by atoms with van der Waals surface area (Å²) >= 11 is 0. The van der Waals surface area contributed by atoms with E-state index < -0.39 is 11.7 Å². The molecule has 88 valence electrons. The molecular weight excluding hydrogens is 215 g/mol. The maximum Gasteiger partial charge on any atom is 0.416 e. The molecule has 0 spiro atoms. The molecule has 0 aliphatic heterocycles. The largest absolute Gasteiger partial charge is 0.416 e. The van der Waals surface area contributed by atoms with Gasteiger partial charge in [-0.1, -0.05) is 25.7 Å². The number of nitrogens with zero attached hydrogens (tertiary/aromatic N) is 1. The summed E-state index contributed by atoms with van der Waals surface area (Å²) in [6, 6.07) is 2.20. The van der Waals surface area contributed by atoms with Crippen molar-refractivity contribution in [2.24, 2.45) is 5.92 Å². The number of pyridine rings is 1. The summed E-state index contributed by atoms with van der Waals surface area (Å²) in [7, 11) is 0. The first-order chi connectivity index (χ1) is 7.55. The third-order valence-corrected chi connectivity index (χ3v) is 3.12. The van der Waals surface area contributed by atoms with Crippen molar-refractivity contribution in [1.82, 2.24) is 4.98 Å². The minimum absolute atomic E-state index is 0.524. The van der Waals surface area contributed by atoms with Crippen molar-refractivity contribution < 1.29 is 13.2 Å². The summed E-state index contributed by atoms with van der Waals surface area (Å²) in [6.45, 7) is 0. The summed E-state index contributed by atoms with van der Waals surface area (Å²) in [5, 5.41) is 0. The van der Waals surface area contributed by atoms with Crippen LogP contribution in [-0.4, -0.2) is 4.98 Å². The average molecular weight is 229 g/mol. The lowest BCUT2D eigenvalue weighted by Gasteiger charge is -2.10. The normalized spacial score (nSPS) is 17.9. The molecule has 4 heteroatoms. The van der Waals surface area contributed by atoms with Crippen LogP contribution in [-0.2, 0) is 12.6 Å². The van der Waals surface area contributed by atoms with Crippen molar-refractivity contribution in [3.8, 4) is 0 Å². The Labute approximate surface area is 92.7 Å². The molecule has 1 aromatic heterocycles. The zero-order valence-corrected chi connectivity index (χ0v) is 8.93. The SMILES string of the molecule is FC(F)(F)c1ccnc(CC2CCCC2)c1. The summed E-state index contributed by atoms with van der Waals surface area (Å²) in [4.78, 5) is 4.02. The lowest BCUT2D eigenvalue weighted by molar-refractivity contribution is -0.137. The fourth-order valence-corrected chi connectivity index (χ4v) is 2.28. The maximum atomic E-state index is 12.5. The first-order valence-electron chi connectivity index (χ1n) is 5.58. The van der Waals surface area contributed by atoms with Gasteiger partial charge in [0.15, 0.2) is 0 Å². The van der Waals surface area contributed by atoms with Gasteiger partial charge in [0.2, 0.25) is 0 Å². The summed E-state index contributed by atoms with van der Waals surface area (Å²) in [6.07, 6.45) is 2.33. The van der Waals surface area contributed by atoms with E-state index in [2.05, 4.69) is 4.98 Å². The summed E-state index contributed by atoms with van der Waals surface area (Å²) in [5.41, 5.74) is -0.0165. The Morgan fingerprint density at radius 2 is 1.94 bits per heavy atom. The number of rotatable bonds is 2. The first-order valence-corrected chi connectivity index (χ1v) is 5.58. The fraction of sp³-hybridized carbons (Fsp3) is 0.583. The van der Waals surface area contributed by atoms with E-state index in [9.17, 15) is 13.2 Å². The number of aromatic nitrogens is 1. The highest BCUT2D eigenvalue weighted by Gasteiger charge is 2.30. The molecule has 0 unspecified atom stereocenters. The standard InChI is InChI=1S/C12H14F3N/c13-12(14,15)10-5-6-16-11(8-10)7-9-3-1-2-4-9/h5-6,8-9H,1-4,7H2. The van der Waals surface area contributed by atoms with E-state index in [0.717, 1.165) is 18.9 Å². The van der Waals surface area contributed by atoms with Crippen LogP contribution in [0.25, 0.3) is 0 Å². The molecule has 1 heterocycles. The third kappa shape index (κ3) is 2.74. The number of alkyl halides is 3. The Bertz CT molecular complexity index is 354. The molecule has 0 N–H and O–H groups in total.